The maximum atomic E-state index is 10.2. The molecule has 0 atom stereocenters. The van der Waals surface area contributed by atoms with Crippen LogP contribution in [0.5, 0.6) is 17.4 Å². The Kier molecular flexibility index (Phi) is 4.88. The first kappa shape index (κ1) is 18.9. The van der Waals surface area contributed by atoms with E-state index in [-0.39, 0.29) is 5.88 Å². The monoisotopic (exact) mass is 411 g/mol. The van der Waals surface area contributed by atoms with E-state index < -0.39 is 0 Å². The summed E-state index contributed by atoms with van der Waals surface area (Å²) in [6.07, 6.45) is 0. The molecule has 0 aliphatic carbocycles. The first-order valence-electron chi connectivity index (χ1n) is 9.99. The van der Waals surface area contributed by atoms with Crippen LogP contribution in [0.15, 0.2) is 78.9 Å². The van der Waals surface area contributed by atoms with Gasteiger partial charge in [0.05, 0.1) is 35.8 Å². The van der Waals surface area contributed by atoms with Crippen LogP contribution < -0.4 is 9.47 Å². The quantitative estimate of drug-likeness (QED) is 0.429. The molecule has 0 saturated carbocycles. The van der Waals surface area contributed by atoms with Crippen molar-refractivity contribution < 1.29 is 14.6 Å². The topological polar surface area (TPSA) is 69.4 Å². The van der Waals surface area contributed by atoms with Crippen molar-refractivity contribution in [3.8, 4) is 17.4 Å². The van der Waals surface area contributed by atoms with E-state index in [1.807, 2.05) is 66.7 Å². The molecule has 1 N–H and O–H groups in total. The van der Waals surface area contributed by atoms with Crippen molar-refractivity contribution in [3.05, 3.63) is 90.1 Å². The minimum absolute atomic E-state index is 0.00302. The van der Waals surface area contributed by atoms with Gasteiger partial charge in [0.25, 0.3) is 0 Å². The molecular formula is C25H21N3O3. The Labute approximate surface area is 179 Å². The lowest BCUT2D eigenvalue weighted by Crippen LogP contribution is -2.02. The highest BCUT2D eigenvalue weighted by atomic mass is 16.5. The molecular weight excluding hydrogens is 390 g/mol. The highest BCUT2D eigenvalue weighted by molar-refractivity contribution is 5.85. The Morgan fingerprint density at radius 2 is 1.71 bits per heavy atom. The zero-order chi connectivity index (χ0) is 21.2. The van der Waals surface area contributed by atoms with Gasteiger partial charge in [-0.15, -0.1) is 5.10 Å². The van der Waals surface area contributed by atoms with Crippen LogP contribution in [0.4, 0.5) is 0 Å². The smallest absolute Gasteiger partial charge is 0.238 e. The van der Waals surface area contributed by atoms with Crippen LogP contribution in [-0.2, 0) is 13.2 Å². The number of nitrogens with zero attached hydrogens (tertiary/aromatic N) is 3. The van der Waals surface area contributed by atoms with Crippen LogP contribution in [-0.4, -0.2) is 27.0 Å². The molecule has 0 radical (unpaired) electrons. The number of methoxy groups -OCH3 is 1. The summed E-state index contributed by atoms with van der Waals surface area (Å²) in [5.74, 6) is 1.46. The molecule has 0 aliphatic rings. The van der Waals surface area contributed by atoms with Crippen molar-refractivity contribution in [3.63, 3.8) is 0 Å². The van der Waals surface area contributed by atoms with E-state index >= 15 is 0 Å². The summed E-state index contributed by atoms with van der Waals surface area (Å²) in [7, 11) is 1.60. The molecule has 5 aromatic rings. The lowest BCUT2D eigenvalue weighted by atomic mass is 10.2. The lowest BCUT2D eigenvalue weighted by molar-refractivity contribution is 0.301. The molecule has 31 heavy (non-hydrogen) atoms. The third-order valence-corrected chi connectivity index (χ3v) is 5.24. The predicted molar refractivity (Wildman–Crippen MR) is 120 cm³/mol. The molecule has 3 aromatic carbocycles. The van der Waals surface area contributed by atoms with Gasteiger partial charge in [-0.05, 0) is 48.0 Å². The van der Waals surface area contributed by atoms with Gasteiger partial charge in [0.15, 0.2) is 0 Å². The van der Waals surface area contributed by atoms with Gasteiger partial charge < -0.3 is 14.6 Å². The Hall–Kier alpha value is -4.06. The maximum absolute atomic E-state index is 10.2. The van der Waals surface area contributed by atoms with Crippen LogP contribution in [0.2, 0.25) is 0 Å². The standard InChI is InChI=1S/C25H21N3O3/c1-30-21-12-13-24-22(14-21)25(29)27-28(24)15-17-6-10-20(11-7-17)31-16-19-9-8-18-4-2-3-5-23(18)26-19/h2-14H,15-16H2,1H3,(H,27,29). The summed E-state index contributed by atoms with van der Waals surface area (Å²) < 4.78 is 12.9. The van der Waals surface area contributed by atoms with Crippen molar-refractivity contribution in [2.24, 2.45) is 0 Å². The van der Waals surface area contributed by atoms with Crippen LogP contribution in [0, 0.1) is 0 Å². The summed E-state index contributed by atoms with van der Waals surface area (Å²) in [4.78, 5) is 4.64. The fourth-order valence-corrected chi connectivity index (χ4v) is 3.60. The highest BCUT2D eigenvalue weighted by Gasteiger charge is 2.11. The Morgan fingerprint density at radius 1 is 0.903 bits per heavy atom. The van der Waals surface area contributed by atoms with E-state index in [4.69, 9.17) is 9.47 Å². The van der Waals surface area contributed by atoms with E-state index in [1.54, 1.807) is 17.9 Å². The van der Waals surface area contributed by atoms with Gasteiger partial charge in [0.2, 0.25) is 5.88 Å². The summed E-state index contributed by atoms with van der Waals surface area (Å²) in [6.45, 7) is 0.944. The minimum Gasteiger partial charge on any atom is -0.497 e. The second-order valence-electron chi connectivity index (χ2n) is 7.29. The van der Waals surface area contributed by atoms with Gasteiger partial charge in [-0.1, -0.05) is 36.4 Å². The molecule has 0 amide bonds. The molecule has 0 bridgehead atoms. The van der Waals surface area contributed by atoms with Crippen molar-refractivity contribution in [1.29, 1.82) is 0 Å². The van der Waals surface area contributed by atoms with Crippen LogP contribution in [0.25, 0.3) is 21.8 Å². The van der Waals surface area contributed by atoms with Crippen LogP contribution in [0.3, 0.4) is 0 Å². The largest absolute Gasteiger partial charge is 0.497 e. The summed E-state index contributed by atoms with van der Waals surface area (Å²) >= 11 is 0. The molecule has 6 heteroatoms. The van der Waals surface area contributed by atoms with Gasteiger partial charge in [0.1, 0.15) is 18.1 Å². The molecule has 0 saturated heterocycles. The second-order valence-corrected chi connectivity index (χ2v) is 7.29. The van der Waals surface area contributed by atoms with E-state index in [9.17, 15) is 5.11 Å². The molecule has 2 heterocycles. The zero-order valence-corrected chi connectivity index (χ0v) is 17.0. The number of para-hydroxylation sites is 1. The number of fused-ring (bicyclic) bond motifs is 2. The highest BCUT2D eigenvalue weighted by Crippen LogP contribution is 2.28. The SMILES string of the molecule is COc1ccc2c(c1)c(O)nn2Cc1ccc(OCc2ccc3ccccc3n2)cc1. The lowest BCUT2D eigenvalue weighted by Gasteiger charge is -2.08. The first-order valence-corrected chi connectivity index (χ1v) is 9.99. The molecule has 154 valence electrons. The maximum Gasteiger partial charge on any atom is 0.238 e. The molecule has 0 aliphatic heterocycles. The van der Waals surface area contributed by atoms with Gasteiger partial charge >= 0.3 is 0 Å². The van der Waals surface area contributed by atoms with Gasteiger partial charge in [0, 0.05) is 5.39 Å². The second kappa shape index (κ2) is 7.99. The Bertz CT molecular complexity index is 1360. The molecule has 5 rings (SSSR count). The van der Waals surface area contributed by atoms with Crippen molar-refractivity contribution in [2.75, 3.05) is 7.11 Å². The fraction of sp³-hybridized carbons (Fsp3) is 0.120. The predicted octanol–water partition coefficient (Wildman–Crippen LogP) is 4.93. The number of pyridine rings is 1. The first-order chi connectivity index (χ1) is 15.2. The van der Waals surface area contributed by atoms with Crippen molar-refractivity contribution in [2.45, 2.75) is 13.2 Å². The van der Waals surface area contributed by atoms with Gasteiger partial charge in [-0.2, -0.15) is 0 Å². The third-order valence-electron chi connectivity index (χ3n) is 5.24. The van der Waals surface area contributed by atoms with E-state index in [1.165, 1.54) is 0 Å². The zero-order valence-electron chi connectivity index (χ0n) is 17.0. The van der Waals surface area contributed by atoms with E-state index in [2.05, 4.69) is 16.1 Å². The average molecular weight is 411 g/mol. The van der Waals surface area contributed by atoms with Gasteiger partial charge in [-0.3, -0.25) is 4.68 Å². The Morgan fingerprint density at radius 3 is 2.55 bits per heavy atom. The van der Waals surface area contributed by atoms with E-state index in [0.29, 0.717) is 24.3 Å². The Balaban J connectivity index is 1.28. The molecule has 0 unspecified atom stereocenters. The molecule has 0 fully saturated rings. The van der Waals surface area contributed by atoms with Crippen molar-refractivity contribution in [1.82, 2.24) is 14.8 Å². The summed E-state index contributed by atoms with van der Waals surface area (Å²) in [6, 6.07) is 25.5. The average Bonchev–Trinajstić information content (AvgIpc) is 3.12. The molecule has 2 aromatic heterocycles. The number of benzene rings is 3. The number of hydrogen-bond donors (Lipinski definition) is 1. The minimum atomic E-state index is -0.00302. The fourth-order valence-electron chi connectivity index (χ4n) is 3.60. The van der Waals surface area contributed by atoms with Gasteiger partial charge in [-0.25, -0.2) is 4.98 Å². The number of ether oxygens (including phenoxy) is 2. The number of aromatic hydroxyl groups is 1. The molecule has 0 spiro atoms. The molecule has 6 nitrogen and oxygen atoms in total. The van der Waals surface area contributed by atoms with E-state index in [0.717, 1.165) is 33.4 Å². The summed E-state index contributed by atoms with van der Waals surface area (Å²) in [5.41, 5.74) is 3.75. The third kappa shape index (κ3) is 3.88. The number of aromatic nitrogens is 3. The van der Waals surface area contributed by atoms with Crippen LogP contribution >= 0.6 is 0 Å². The summed E-state index contributed by atoms with van der Waals surface area (Å²) in [5, 5.41) is 16.2. The number of rotatable bonds is 6. The van der Waals surface area contributed by atoms with Crippen molar-refractivity contribution >= 4 is 21.8 Å². The van der Waals surface area contributed by atoms with Crippen LogP contribution in [0.1, 0.15) is 11.3 Å². The normalized spacial score (nSPS) is 11.1. The number of hydrogen-bond acceptors (Lipinski definition) is 5.